The van der Waals surface area contributed by atoms with E-state index in [1.807, 2.05) is 37.3 Å². The van der Waals surface area contributed by atoms with Crippen LogP contribution in [-0.4, -0.2) is 62.4 Å². The van der Waals surface area contributed by atoms with Crippen LogP contribution in [0.25, 0.3) is 11.5 Å². The third kappa shape index (κ3) is 5.97. The molecule has 2 saturated heterocycles. The average molecular weight is 442 g/mol. The Balaban J connectivity index is 1.39. The number of ether oxygens (including phenoxy) is 2. The molecule has 0 saturated carbocycles. The third-order valence-corrected chi connectivity index (χ3v) is 6.58. The van der Waals surface area contributed by atoms with Gasteiger partial charge >= 0.3 is 0 Å². The van der Waals surface area contributed by atoms with Gasteiger partial charge in [-0.25, -0.2) is 4.98 Å². The number of nitrogens with zero attached hydrogens (tertiary/aromatic N) is 2. The first-order chi connectivity index (χ1) is 15.6. The van der Waals surface area contributed by atoms with Gasteiger partial charge in [-0.2, -0.15) is 0 Å². The van der Waals surface area contributed by atoms with Crippen LogP contribution in [0.3, 0.4) is 0 Å². The Morgan fingerprint density at radius 2 is 1.97 bits per heavy atom. The molecule has 2 aromatic rings. The van der Waals surface area contributed by atoms with Gasteiger partial charge in [0.25, 0.3) is 0 Å². The number of oxazole rings is 1. The number of benzene rings is 1. The van der Waals surface area contributed by atoms with E-state index < -0.39 is 0 Å². The van der Waals surface area contributed by atoms with Crippen molar-refractivity contribution in [2.45, 2.75) is 32.7 Å². The summed E-state index contributed by atoms with van der Waals surface area (Å²) in [5, 5.41) is 3.21. The first kappa shape index (κ1) is 23.0. The SMILES string of the molecule is COC[C@@H]1C[C@@H](C(=O)NCC2CCOCC2)CN(Cc2nc(-c3ccccc3)oc2C)C1. The highest BCUT2D eigenvalue weighted by Gasteiger charge is 2.32. The van der Waals surface area contributed by atoms with Crippen LogP contribution in [0, 0.1) is 24.7 Å². The molecule has 1 aromatic heterocycles. The molecule has 0 radical (unpaired) electrons. The predicted molar refractivity (Wildman–Crippen MR) is 122 cm³/mol. The average Bonchev–Trinajstić information content (AvgIpc) is 3.19. The van der Waals surface area contributed by atoms with Crippen LogP contribution in [0.15, 0.2) is 34.7 Å². The minimum Gasteiger partial charge on any atom is -0.441 e. The topological polar surface area (TPSA) is 76.8 Å². The molecule has 1 aromatic carbocycles. The van der Waals surface area contributed by atoms with E-state index in [0.717, 1.165) is 69.1 Å². The number of hydrogen-bond donors (Lipinski definition) is 1. The number of aryl methyl sites for hydroxylation is 1. The van der Waals surface area contributed by atoms with Crippen LogP contribution in [0.2, 0.25) is 0 Å². The van der Waals surface area contributed by atoms with Crippen molar-refractivity contribution >= 4 is 5.91 Å². The highest BCUT2D eigenvalue weighted by molar-refractivity contribution is 5.79. The van der Waals surface area contributed by atoms with Gasteiger partial charge in [-0.05, 0) is 50.2 Å². The molecule has 7 heteroatoms. The van der Waals surface area contributed by atoms with Crippen LogP contribution in [0.1, 0.15) is 30.7 Å². The lowest BCUT2D eigenvalue weighted by Gasteiger charge is -2.37. The van der Waals surface area contributed by atoms with Crippen molar-refractivity contribution in [2.75, 3.05) is 46.6 Å². The lowest BCUT2D eigenvalue weighted by Crippen LogP contribution is -2.48. The smallest absolute Gasteiger partial charge is 0.226 e. The van der Waals surface area contributed by atoms with Gasteiger partial charge in [-0.1, -0.05) is 18.2 Å². The van der Waals surface area contributed by atoms with E-state index in [2.05, 4.69) is 10.2 Å². The second-order valence-corrected chi connectivity index (χ2v) is 9.14. The molecule has 1 amide bonds. The summed E-state index contributed by atoms with van der Waals surface area (Å²) < 4.78 is 16.8. The minimum absolute atomic E-state index is 0.0375. The molecule has 2 fully saturated rings. The molecule has 3 heterocycles. The zero-order valence-corrected chi connectivity index (χ0v) is 19.2. The van der Waals surface area contributed by atoms with Crippen molar-refractivity contribution in [3.8, 4) is 11.5 Å². The molecule has 2 aliphatic heterocycles. The fraction of sp³-hybridized carbons (Fsp3) is 0.600. The van der Waals surface area contributed by atoms with Crippen LogP contribution >= 0.6 is 0 Å². The van der Waals surface area contributed by atoms with E-state index in [-0.39, 0.29) is 11.8 Å². The molecule has 0 spiro atoms. The van der Waals surface area contributed by atoms with Crippen LogP contribution in [-0.2, 0) is 20.8 Å². The molecule has 0 unspecified atom stereocenters. The molecular weight excluding hydrogens is 406 g/mol. The van der Waals surface area contributed by atoms with Gasteiger partial charge in [0.15, 0.2) is 0 Å². The Morgan fingerprint density at radius 1 is 1.19 bits per heavy atom. The second kappa shape index (κ2) is 11.1. The number of carbonyl (C=O) groups excluding carboxylic acids is 1. The largest absolute Gasteiger partial charge is 0.441 e. The summed E-state index contributed by atoms with van der Waals surface area (Å²) in [7, 11) is 1.73. The third-order valence-electron chi connectivity index (χ3n) is 6.58. The summed E-state index contributed by atoms with van der Waals surface area (Å²) in [6.07, 6.45) is 2.91. The van der Waals surface area contributed by atoms with Gasteiger partial charge in [0.2, 0.25) is 11.8 Å². The first-order valence-corrected chi connectivity index (χ1v) is 11.7. The van der Waals surface area contributed by atoms with Crippen LogP contribution in [0.4, 0.5) is 0 Å². The Kier molecular flexibility index (Phi) is 7.95. The van der Waals surface area contributed by atoms with Gasteiger partial charge in [0.05, 0.1) is 18.2 Å². The molecule has 0 aliphatic carbocycles. The number of rotatable bonds is 8. The van der Waals surface area contributed by atoms with Gasteiger partial charge in [0, 0.05) is 52.1 Å². The van der Waals surface area contributed by atoms with Crippen LogP contribution in [0.5, 0.6) is 0 Å². The van der Waals surface area contributed by atoms with E-state index in [0.29, 0.717) is 30.9 Å². The Labute approximate surface area is 190 Å². The zero-order chi connectivity index (χ0) is 22.3. The summed E-state index contributed by atoms with van der Waals surface area (Å²) in [5.41, 5.74) is 1.91. The second-order valence-electron chi connectivity index (χ2n) is 9.14. The molecule has 174 valence electrons. The Morgan fingerprint density at radius 3 is 2.72 bits per heavy atom. The first-order valence-electron chi connectivity index (χ1n) is 11.7. The van der Waals surface area contributed by atoms with Crippen molar-refractivity contribution in [2.24, 2.45) is 17.8 Å². The number of methoxy groups -OCH3 is 1. The molecule has 2 atom stereocenters. The number of aromatic nitrogens is 1. The highest BCUT2D eigenvalue weighted by atomic mass is 16.5. The van der Waals surface area contributed by atoms with E-state index in [1.165, 1.54) is 0 Å². The van der Waals surface area contributed by atoms with Crippen molar-refractivity contribution in [3.05, 3.63) is 41.8 Å². The van der Waals surface area contributed by atoms with Crippen molar-refractivity contribution in [3.63, 3.8) is 0 Å². The Bertz CT molecular complexity index is 863. The molecule has 2 aliphatic rings. The maximum absolute atomic E-state index is 13.0. The minimum atomic E-state index is -0.0375. The number of nitrogens with one attached hydrogen (secondary N) is 1. The van der Waals surface area contributed by atoms with Crippen molar-refractivity contribution in [1.82, 2.24) is 15.2 Å². The van der Waals surface area contributed by atoms with E-state index in [1.54, 1.807) is 7.11 Å². The van der Waals surface area contributed by atoms with Crippen molar-refractivity contribution in [1.29, 1.82) is 0 Å². The van der Waals surface area contributed by atoms with Gasteiger partial charge < -0.3 is 19.2 Å². The van der Waals surface area contributed by atoms with Crippen molar-refractivity contribution < 1.29 is 18.7 Å². The van der Waals surface area contributed by atoms with Gasteiger partial charge in [-0.15, -0.1) is 0 Å². The summed E-state index contributed by atoms with van der Waals surface area (Å²) in [6.45, 7) is 7.27. The maximum Gasteiger partial charge on any atom is 0.226 e. The standard InChI is InChI=1S/C25H35N3O4/c1-18-23(27-25(32-18)21-6-4-3-5-7-21)16-28-14-20(17-30-2)12-22(15-28)24(29)26-13-19-8-10-31-11-9-19/h3-7,19-20,22H,8-17H2,1-2H3,(H,26,29)/t20-,22-/m1/s1. The van der Waals surface area contributed by atoms with E-state index >= 15 is 0 Å². The number of hydrogen-bond acceptors (Lipinski definition) is 6. The monoisotopic (exact) mass is 441 g/mol. The molecule has 1 N–H and O–H groups in total. The molecule has 0 bridgehead atoms. The summed E-state index contributed by atoms with van der Waals surface area (Å²) in [4.78, 5) is 20.1. The predicted octanol–water partition coefficient (Wildman–Crippen LogP) is 3.28. The summed E-state index contributed by atoms with van der Waals surface area (Å²) in [5.74, 6) is 2.45. The van der Waals surface area contributed by atoms with E-state index in [9.17, 15) is 4.79 Å². The van der Waals surface area contributed by atoms with E-state index in [4.69, 9.17) is 18.9 Å². The fourth-order valence-electron chi connectivity index (χ4n) is 4.81. The quantitative estimate of drug-likeness (QED) is 0.678. The number of piperidine rings is 1. The normalized spacial score (nSPS) is 22.7. The molecule has 32 heavy (non-hydrogen) atoms. The number of amides is 1. The lowest BCUT2D eigenvalue weighted by molar-refractivity contribution is -0.128. The number of carbonyl (C=O) groups is 1. The van der Waals surface area contributed by atoms with Gasteiger partial charge in [0.1, 0.15) is 5.76 Å². The molecule has 7 nitrogen and oxygen atoms in total. The van der Waals surface area contributed by atoms with Gasteiger partial charge in [-0.3, -0.25) is 9.69 Å². The Hall–Kier alpha value is -2.22. The molecular formula is C25H35N3O4. The maximum atomic E-state index is 13.0. The number of likely N-dealkylation sites (tertiary alicyclic amines) is 1. The van der Waals surface area contributed by atoms with Crippen LogP contribution < -0.4 is 5.32 Å². The summed E-state index contributed by atoms with van der Waals surface area (Å²) >= 11 is 0. The lowest BCUT2D eigenvalue weighted by atomic mass is 9.88. The fourth-order valence-corrected chi connectivity index (χ4v) is 4.81. The molecule has 4 rings (SSSR count). The zero-order valence-electron chi connectivity index (χ0n) is 19.2. The summed E-state index contributed by atoms with van der Waals surface area (Å²) in [6, 6.07) is 9.96. The highest BCUT2D eigenvalue weighted by Crippen LogP contribution is 2.27.